The molecule has 0 aliphatic carbocycles. The lowest BCUT2D eigenvalue weighted by atomic mass is 10.2. The van der Waals surface area contributed by atoms with Crippen LogP contribution in [0.4, 0.5) is 0 Å². The highest BCUT2D eigenvalue weighted by Crippen LogP contribution is 2.27. The first-order chi connectivity index (χ1) is 11.2. The van der Waals surface area contributed by atoms with Crippen LogP contribution in [-0.4, -0.2) is 19.6 Å². The van der Waals surface area contributed by atoms with Crippen LogP contribution in [0.2, 0.25) is 5.02 Å². The van der Waals surface area contributed by atoms with Crippen LogP contribution in [0.15, 0.2) is 59.7 Å². The molecule has 0 amide bonds. The summed E-state index contributed by atoms with van der Waals surface area (Å²) in [6, 6.07) is 12.5. The summed E-state index contributed by atoms with van der Waals surface area (Å²) in [6.45, 7) is 0. The maximum Gasteiger partial charge on any atom is 0.260 e. The quantitative estimate of drug-likeness (QED) is 0.560. The van der Waals surface area contributed by atoms with Gasteiger partial charge in [-0.3, -0.25) is 9.78 Å². The zero-order valence-corrected chi connectivity index (χ0v) is 13.3. The molecule has 0 aliphatic heterocycles. The smallest absolute Gasteiger partial charge is 0.260 e. The van der Waals surface area contributed by atoms with Crippen LogP contribution in [0.1, 0.15) is 0 Å². The van der Waals surface area contributed by atoms with Crippen LogP contribution >= 0.6 is 22.9 Å². The molecule has 7 heteroatoms. The minimum absolute atomic E-state index is 0.166. The highest BCUT2D eigenvalue weighted by Gasteiger charge is 2.13. The highest BCUT2D eigenvalue weighted by molar-refractivity contribution is 7.19. The summed E-state index contributed by atoms with van der Waals surface area (Å²) in [7, 11) is 0. The highest BCUT2D eigenvalue weighted by atomic mass is 35.5. The summed E-state index contributed by atoms with van der Waals surface area (Å²) >= 11 is 7.31. The van der Waals surface area contributed by atoms with Gasteiger partial charge in [-0.2, -0.15) is 0 Å². The van der Waals surface area contributed by atoms with E-state index in [1.54, 1.807) is 42.7 Å². The third-order valence-corrected chi connectivity index (χ3v) is 4.65. The van der Waals surface area contributed by atoms with Crippen molar-refractivity contribution in [2.75, 3.05) is 0 Å². The molecule has 5 nitrogen and oxygen atoms in total. The predicted molar refractivity (Wildman–Crippen MR) is 90.8 cm³/mol. The van der Waals surface area contributed by atoms with E-state index >= 15 is 0 Å². The lowest BCUT2D eigenvalue weighted by Gasteiger charge is -2.02. The van der Waals surface area contributed by atoms with Crippen molar-refractivity contribution >= 4 is 27.9 Å². The molecule has 23 heavy (non-hydrogen) atoms. The summed E-state index contributed by atoms with van der Waals surface area (Å²) in [5.74, 6) is 0.520. The van der Waals surface area contributed by atoms with Gasteiger partial charge >= 0.3 is 0 Å². The van der Waals surface area contributed by atoms with Gasteiger partial charge < -0.3 is 0 Å². The van der Waals surface area contributed by atoms with Crippen molar-refractivity contribution in [1.29, 1.82) is 0 Å². The second-order valence-electron chi connectivity index (χ2n) is 4.83. The second kappa shape index (κ2) is 5.57. The summed E-state index contributed by atoms with van der Waals surface area (Å²) < 4.78 is 1.51. The Morgan fingerprint density at radius 2 is 1.70 bits per heavy atom. The summed E-state index contributed by atoms with van der Waals surface area (Å²) in [5.41, 5.74) is 1.56. The molecule has 0 aliphatic rings. The maximum atomic E-state index is 12.5. The van der Waals surface area contributed by atoms with E-state index in [2.05, 4.69) is 15.2 Å². The van der Waals surface area contributed by atoms with E-state index in [9.17, 15) is 4.79 Å². The molecule has 0 radical (unpaired) electrons. The van der Waals surface area contributed by atoms with Crippen LogP contribution in [0, 0.1) is 0 Å². The number of nitrogens with zero attached hydrogens (tertiary/aromatic N) is 4. The molecule has 0 saturated heterocycles. The van der Waals surface area contributed by atoms with Gasteiger partial charge in [0.05, 0.1) is 0 Å². The molecular formula is C16H9ClN4OS. The monoisotopic (exact) mass is 340 g/mol. The van der Waals surface area contributed by atoms with E-state index in [0.717, 1.165) is 16.0 Å². The molecule has 0 fully saturated rings. The van der Waals surface area contributed by atoms with Gasteiger partial charge in [0.15, 0.2) is 5.82 Å². The fourth-order valence-corrected chi connectivity index (χ4v) is 3.37. The molecule has 3 heterocycles. The molecule has 0 atom stereocenters. The topological polar surface area (TPSA) is 60.2 Å². The largest absolute Gasteiger partial charge is 0.269 e. The third-order valence-electron chi connectivity index (χ3n) is 3.38. The Morgan fingerprint density at radius 1 is 0.957 bits per heavy atom. The van der Waals surface area contributed by atoms with Gasteiger partial charge in [0.2, 0.25) is 4.96 Å². The second-order valence-corrected chi connectivity index (χ2v) is 6.28. The van der Waals surface area contributed by atoms with Crippen molar-refractivity contribution in [1.82, 2.24) is 19.6 Å². The SMILES string of the molecule is O=c1cc(-c2ccc(Cl)cc2)sc2nnc(-c3ccncc3)n12. The van der Waals surface area contributed by atoms with E-state index in [-0.39, 0.29) is 5.56 Å². The maximum absolute atomic E-state index is 12.5. The molecular weight excluding hydrogens is 332 g/mol. The van der Waals surface area contributed by atoms with Crippen molar-refractivity contribution in [3.8, 4) is 21.8 Å². The Hall–Kier alpha value is -2.57. The van der Waals surface area contributed by atoms with Crippen LogP contribution < -0.4 is 5.56 Å². The fourth-order valence-electron chi connectivity index (χ4n) is 2.28. The average Bonchev–Trinajstić information content (AvgIpc) is 3.01. The van der Waals surface area contributed by atoms with Crippen LogP contribution in [0.5, 0.6) is 0 Å². The summed E-state index contributed by atoms with van der Waals surface area (Å²) in [4.78, 5) is 17.9. The molecule has 3 aromatic heterocycles. The number of benzene rings is 1. The third kappa shape index (κ3) is 2.52. The number of aromatic nitrogens is 4. The Kier molecular flexibility index (Phi) is 3.40. The van der Waals surface area contributed by atoms with E-state index in [1.165, 1.54) is 15.7 Å². The summed E-state index contributed by atoms with van der Waals surface area (Å²) in [6.07, 6.45) is 3.32. The van der Waals surface area contributed by atoms with Crippen LogP contribution in [0.25, 0.3) is 26.8 Å². The minimum atomic E-state index is -0.166. The number of rotatable bonds is 2. The van der Waals surface area contributed by atoms with Crippen molar-refractivity contribution in [3.05, 3.63) is 70.2 Å². The first-order valence-corrected chi connectivity index (χ1v) is 7.97. The summed E-state index contributed by atoms with van der Waals surface area (Å²) in [5, 5.41) is 8.95. The van der Waals surface area contributed by atoms with Gasteiger partial charge in [-0.25, -0.2) is 4.40 Å². The van der Waals surface area contributed by atoms with Gasteiger partial charge in [0.1, 0.15) is 0 Å². The van der Waals surface area contributed by atoms with Gasteiger partial charge in [-0.15, -0.1) is 10.2 Å². The Balaban J connectivity index is 1.91. The zero-order chi connectivity index (χ0) is 15.8. The van der Waals surface area contributed by atoms with Gasteiger partial charge in [-0.1, -0.05) is 35.1 Å². The van der Waals surface area contributed by atoms with Crippen LogP contribution in [-0.2, 0) is 0 Å². The lowest BCUT2D eigenvalue weighted by molar-refractivity contribution is 1.09. The molecule has 0 N–H and O–H groups in total. The zero-order valence-electron chi connectivity index (χ0n) is 11.7. The van der Waals surface area contributed by atoms with E-state index in [0.29, 0.717) is 15.8 Å². The molecule has 0 saturated carbocycles. The van der Waals surface area contributed by atoms with Gasteiger partial charge in [0.25, 0.3) is 5.56 Å². The number of hydrogen-bond acceptors (Lipinski definition) is 5. The van der Waals surface area contributed by atoms with Gasteiger partial charge in [0, 0.05) is 33.9 Å². The number of pyridine rings is 1. The lowest BCUT2D eigenvalue weighted by Crippen LogP contribution is -2.11. The molecule has 4 rings (SSSR count). The Morgan fingerprint density at radius 3 is 2.43 bits per heavy atom. The van der Waals surface area contributed by atoms with Crippen molar-refractivity contribution in [2.45, 2.75) is 0 Å². The normalized spacial score (nSPS) is 11.0. The molecule has 4 aromatic rings. The van der Waals surface area contributed by atoms with Crippen molar-refractivity contribution < 1.29 is 0 Å². The van der Waals surface area contributed by atoms with E-state index < -0.39 is 0 Å². The van der Waals surface area contributed by atoms with Crippen molar-refractivity contribution in [3.63, 3.8) is 0 Å². The molecule has 112 valence electrons. The van der Waals surface area contributed by atoms with Crippen molar-refractivity contribution in [2.24, 2.45) is 0 Å². The van der Waals surface area contributed by atoms with E-state index in [4.69, 9.17) is 11.6 Å². The van der Waals surface area contributed by atoms with E-state index in [1.807, 2.05) is 12.1 Å². The fraction of sp³-hybridized carbons (Fsp3) is 0. The molecule has 0 spiro atoms. The standard InChI is InChI=1S/C16H9ClN4OS/c17-12-3-1-10(2-4-12)13-9-14(22)21-15(19-20-16(21)23-13)11-5-7-18-8-6-11/h1-9H. The average molecular weight is 341 g/mol. The minimum Gasteiger partial charge on any atom is -0.269 e. The number of fused-ring (bicyclic) bond motifs is 1. The first kappa shape index (κ1) is 14.0. The van der Waals surface area contributed by atoms with Gasteiger partial charge in [-0.05, 0) is 29.8 Å². The Labute approximate surface area is 139 Å². The Bertz CT molecular complexity index is 1040. The molecule has 1 aromatic carbocycles. The predicted octanol–water partition coefficient (Wildman–Crippen LogP) is 3.53. The molecule has 0 unspecified atom stereocenters. The molecule has 0 bridgehead atoms. The number of halogens is 1. The first-order valence-electron chi connectivity index (χ1n) is 6.78. The van der Waals surface area contributed by atoms with Crippen LogP contribution in [0.3, 0.4) is 0 Å². The number of hydrogen-bond donors (Lipinski definition) is 0.